The molecule has 1 unspecified atom stereocenters. The van der Waals surface area contributed by atoms with E-state index in [0.717, 1.165) is 4.68 Å². The summed E-state index contributed by atoms with van der Waals surface area (Å²) >= 11 is 0. The molecule has 0 radical (unpaired) electrons. The lowest BCUT2D eigenvalue weighted by Gasteiger charge is -2.31. The fourth-order valence-electron chi connectivity index (χ4n) is 2.77. The molecule has 1 atom stereocenters. The van der Waals surface area contributed by atoms with Crippen LogP contribution in [0.15, 0.2) is 65.5 Å². The molecule has 3 rings (SSSR count). The van der Waals surface area contributed by atoms with E-state index in [1.165, 1.54) is 48.5 Å². The molecule has 162 valence electrons. The highest BCUT2D eigenvalue weighted by molar-refractivity contribution is 5.92. The largest absolute Gasteiger partial charge is 0.488 e. The average Bonchev–Trinajstić information content (AvgIpc) is 2.72. The van der Waals surface area contributed by atoms with E-state index in [9.17, 15) is 18.4 Å². The molecule has 1 N–H and O–H groups in total. The second-order valence-electron chi connectivity index (χ2n) is 8.08. The van der Waals surface area contributed by atoms with E-state index in [0.29, 0.717) is 5.69 Å². The molecular weight excluding hydrogens is 404 g/mol. The predicted molar refractivity (Wildman–Crippen MR) is 112 cm³/mol. The number of hydrogen-bond donors (Lipinski definition) is 1. The van der Waals surface area contributed by atoms with Gasteiger partial charge in [-0.25, -0.2) is 8.78 Å². The van der Waals surface area contributed by atoms with E-state index in [-0.39, 0.29) is 18.1 Å². The SMILES string of the molecule is CC(C)(C)C(COc1ccccc1F)NC(=O)c1ccc(=O)n(-c2ccc(F)cc2)n1. The van der Waals surface area contributed by atoms with Crippen LogP contribution in [-0.4, -0.2) is 28.3 Å². The van der Waals surface area contributed by atoms with Crippen LogP contribution >= 0.6 is 0 Å². The summed E-state index contributed by atoms with van der Waals surface area (Å²) in [4.78, 5) is 25.0. The Morgan fingerprint density at radius 3 is 2.39 bits per heavy atom. The van der Waals surface area contributed by atoms with E-state index in [2.05, 4.69) is 10.4 Å². The van der Waals surface area contributed by atoms with E-state index in [1.54, 1.807) is 12.1 Å². The smallest absolute Gasteiger partial charge is 0.272 e. The molecule has 8 heteroatoms. The van der Waals surface area contributed by atoms with Gasteiger partial charge in [-0.05, 0) is 47.9 Å². The van der Waals surface area contributed by atoms with Crippen molar-refractivity contribution in [3.63, 3.8) is 0 Å². The Balaban J connectivity index is 1.80. The number of para-hydroxylation sites is 1. The molecule has 0 aliphatic carbocycles. The molecule has 0 aliphatic rings. The summed E-state index contributed by atoms with van der Waals surface area (Å²) in [5.74, 6) is -1.37. The summed E-state index contributed by atoms with van der Waals surface area (Å²) in [6, 6.07) is 13.3. The Morgan fingerprint density at radius 1 is 1.06 bits per heavy atom. The van der Waals surface area contributed by atoms with Gasteiger partial charge in [-0.2, -0.15) is 9.78 Å². The van der Waals surface area contributed by atoms with Gasteiger partial charge in [0.25, 0.3) is 11.5 Å². The Labute approximate surface area is 178 Å². The lowest BCUT2D eigenvalue weighted by atomic mass is 9.87. The maximum Gasteiger partial charge on any atom is 0.272 e. The number of benzene rings is 2. The topological polar surface area (TPSA) is 73.2 Å². The molecule has 6 nitrogen and oxygen atoms in total. The summed E-state index contributed by atoms with van der Waals surface area (Å²) in [6.07, 6.45) is 0. The lowest BCUT2D eigenvalue weighted by Crippen LogP contribution is -2.48. The fourth-order valence-corrected chi connectivity index (χ4v) is 2.77. The third kappa shape index (κ3) is 5.53. The standard InChI is InChI=1S/C23H23F2N3O3/c1-23(2,3)20(14-31-19-7-5-4-6-17(19)25)26-22(30)18-12-13-21(29)28(27-18)16-10-8-15(24)9-11-16/h4-13,20H,14H2,1-3H3,(H,26,30). The molecule has 0 bridgehead atoms. The average molecular weight is 427 g/mol. The van der Waals surface area contributed by atoms with Gasteiger partial charge in [0.1, 0.15) is 18.1 Å². The molecule has 2 aromatic carbocycles. The summed E-state index contributed by atoms with van der Waals surface area (Å²) < 4.78 is 33.6. The van der Waals surface area contributed by atoms with Crippen LogP contribution in [-0.2, 0) is 0 Å². The van der Waals surface area contributed by atoms with Crippen LogP contribution in [0.5, 0.6) is 5.75 Å². The van der Waals surface area contributed by atoms with E-state index in [1.807, 2.05) is 20.8 Å². The van der Waals surface area contributed by atoms with Gasteiger partial charge in [0.05, 0.1) is 11.7 Å². The third-order valence-electron chi connectivity index (χ3n) is 4.70. The Bertz CT molecular complexity index is 1120. The summed E-state index contributed by atoms with van der Waals surface area (Å²) in [6.45, 7) is 5.77. The van der Waals surface area contributed by atoms with Crippen LogP contribution in [0.3, 0.4) is 0 Å². The van der Waals surface area contributed by atoms with Gasteiger partial charge >= 0.3 is 0 Å². The highest BCUT2D eigenvalue weighted by atomic mass is 19.1. The lowest BCUT2D eigenvalue weighted by molar-refractivity contribution is 0.0853. The Hall–Kier alpha value is -3.55. The van der Waals surface area contributed by atoms with Gasteiger partial charge in [-0.1, -0.05) is 32.9 Å². The maximum absolute atomic E-state index is 13.9. The molecule has 0 aliphatic heterocycles. The van der Waals surface area contributed by atoms with Gasteiger partial charge in [0.15, 0.2) is 11.6 Å². The highest BCUT2D eigenvalue weighted by Crippen LogP contribution is 2.22. The minimum Gasteiger partial charge on any atom is -0.488 e. The van der Waals surface area contributed by atoms with Gasteiger partial charge in [-0.3, -0.25) is 9.59 Å². The normalized spacial score (nSPS) is 12.3. The van der Waals surface area contributed by atoms with Gasteiger partial charge < -0.3 is 10.1 Å². The maximum atomic E-state index is 13.9. The van der Waals surface area contributed by atoms with Crippen molar-refractivity contribution in [1.82, 2.24) is 15.1 Å². The zero-order chi connectivity index (χ0) is 22.6. The first-order valence-electron chi connectivity index (χ1n) is 9.69. The minimum absolute atomic E-state index is 0.00377. The number of nitrogens with zero attached hydrogens (tertiary/aromatic N) is 2. The first kappa shape index (κ1) is 22.1. The molecule has 0 spiro atoms. The van der Waals surface area contributed by atoms with Gasteiger partial charge in [-0.15, -0.1) is 0 Å². The molecule has 31 heavy (non-hydrogen) atoms. The van der Waals surface area contributed by atoms with Crippen molar-refractivity contribution in [3.8, 4) is 11.4 Å². The fraction of sp³-hybridized carbons (Fsp3) is 0.261. The van der Waals surface area contributed by atoms with E-state index >= 15 is 0 Å². The number of rotatable bonds is 6. The predicted octanol–water partition coefficient (Wildman–Crippen LogP) is 3.73. The number of hydrogen-bond acceptors (Lipinski definition) is 4. The molecule has 0 saturated heterocycles. The zero-order valence-electron chi connectivity index (χ0n) is 17.4. The number of ether oxygens (including phenoxy) is 1. The number of nitrogens with one attached hydrogen (secondary N) is 1. The monoisotopic (exact) mass is 427 g/mol. The molecule has 1 aromatic heterocycles. The molecule has 1 amide bonds. The second-order valence-corrected chi connectivity index (χ2v) is 8.08. The Kier molecular flexibility index (Phi) is 6.48. The van der Waals surface area contributed by atoms with Crippen molar-refractivity contribution in [1.29, 1.82) is 0 Å². The summed E-state index contributed by atoms with van der Waals surface area (Å²) in [7, 11) is 0. The van der Waals surface area contributed by atoms with Crippen LogP contribution in [0.4, 0.5) is 8.78 Å². The Morgan fingerprint density at radius 2 is 1.74 bits per heavy atom. The first-order valence-corrected chi connectivity index (χ1v) is 9.69. The minimum atomic E-state index is -0.520. The second kappa shape index (κ2) is 9.07. The summed E-state index contributed by atoms with van der Waals surface area (Å²) in [5, 5.41) is 6.95. The van der Waals surface area contributed by atoms with Crippen LogP contribution in [0.2, 0.25) is 0 Å². The van der Waals surface area contributed by atoms with E-state index < -0.39 is 34.6 Å². The summed E-state index contributed by atoms with van der Waals surface area (Å²) in [5.41, 5.74) is -0.537. The highest BCUT2D eigenvalue weighted by Gasteiger charge is 2.28. The first-order chi connectivity index (χ1) is 14.6. The molecular formula is C23H23F2N3O3. The quantitative estimate of drug-likeness (QED) is 0.651. The zero-order valence-corrected chi connectivity index (χ0v) is 17.4. The molecule has 1 heterocycles. The van der Waals surface area contributed by atoms with Crippen LogP contribution in [0.1, 0.15) is 31.3 Å². The molecule has 3 aromatic rings. The molecule has 0 saturated carbocycles. The molecule has 0 fully saturated rings. The number of amides is 1. The van der Waals surface area contributed by atoms with Crippen LogP contribution in [0, 0.1) is 17.0 Å². The van der Waals surface area contributed by atoms with Crippen molar-refractivity contribution in [3.05, 3.63) is 88.3 Å². The van der Waals surface area contributed by atoms with Gasteiger partial charge in [0.2, 0.25) is 0 Å². The van der Waals surface area contributed by atoms with Gasteiger partial charge in [0, 0.05) is 6.07 Å². The van der Waals surface area contributed by atoms with E-state index in [4.69, 9.17) is 4.74 Å². The number of carbonyl (C=O) groups excluding carboxylic acids is 1. The van der Waals surface area contributed by atoms with Crippen molar-refractivity contribution in [2.45, 2.75) is 26.8 Å². The number of halogens is 2. The third-order valence-corrected chi connectivity index (χ3v) is 4.70. The van der Waals surface area contributed by atoms with Crippen molar-refractivity contribution in [2.24, 2.45) is 5.41 Å². The van der Waals surface area contributed by atoms with Crippen molar-refractivity contribution in [2.75, 3.05) is 6.61 Å². The van der Waals surface area contributed by atoms with Crippen molar-refractivity contribution >= 4 is 5.91 Å². The van der Waals surface area contributed by atoms with Crippen LogP contribution < -0.4 is 15.6 Å². The number of carbonyl (C=O) groups is 1. The number of aromatic nitrogens is 2. The van der Waals surface area contributed by atoms with Crippen molar-refractivity contribution < 1.29 is 18.3 Å². The van der Waals surface area contributed by atoms with Crippen LogP contribution in [0.25, 0.3) is 5.69 Å².